The molecule has 0 atom stereocenters. The Hall–Kier alpha value is -4.61. The van der Waals surface area contributed by atoms with Crippen molar-refractivity contribution in [1.29, 1.82) is 0 Å². The minimum Gasteiger partial charge on any atom is -0.494 e. The van der Waals surface area contributed by atoms with Crippen molar-refractivity contribution in [3.05, 3.63) is 187 Å². The van der Waals surface area contributed by atoms with Crippen LogP contribution in [0.4, 0.5) is 0 Å². The Morgan fingerprint density at radius 1 is 0.689 bits per heavy atom. The third-order valence-electron chi connectivity index (χ3n) is 8.45. The fraction of sp³-hybridized carbons (Fsp3) is 0.175. The lowest BCUT2D eigenvalue weighted by Crippen LogP contribution is -2.46. The first-order chi connectivity index (χ1) is 22.2. The lowest BCUT2D eigenvalue weighted by molar-refractivity contribution is 0.306. The summed E-state index contributed by atoms with van der Waals surface area (Å²) >= 11 is 0. The van der Waals surface area contributed by atoms with Crippen molar-refractivity contribution >= 4 is 22.6 Å². The maximum atomic E-state index is 5.93. The van der Waals surface area contributed by atoms with E-state index in [2.05, 4.69) is 176 Å². The molecule has 45 heavy (non-hydrogen) atoms. The third kappa shape index (κ3) is 8.31. The molecule has 0 spiro atoms. The molecule has 0 aliphatic heterocycles. The van der Waals surface area contributed by atoms with Crippen molar-refractivity contribution in [2.45, 2.75) is 37.2 Å². The van der Waals surface area contributed by atoms with E-state index in [1.165, 1.54) is 40.3 Å². The van der Waals surface area contributed by atoms with Gasteiger partial charge in [0.05, 0.1) is 27.6 Å². The quantitative estimate of drug-likeness (QED) is 0.110. The van der Waals surface area contributed by atoms with E-state index < -0.39 is 9.52 Å². The largest absolute Gasteiger partial charge is 0.494 e. The van der Waals surface area contributed by atoms with Crippen LogP contribution in [0.5, 0.6) is 5.75 Å². The highest BCUT2D eigenvalue weighted by Crippen LogP contribution is 2.33. The van der Waals surface area contributed by atoms with Gasteiger partial charge in [0, 0.05) is 12.4 Å². The molecule has 1 heterocycles. The molecule has 5 heteroatoms. The van der Waals surface area contributed by atoms with E-state index in [4.69, 9.17) is 4.74 Å². The number of hydrogen-bond acceptors (Lipinski definition) is 2. The minimum absolute atomic E-state index is 0.248. The van der Waals surface area contributed by atoms with Crippen LogP contribution in [0.15, 0.2) is 164 Å². The van der Waals surface area contributed by atoms with Crippen molar-refractivity contribution in [2.24, 2.45) is 0 Å². The third-order valence-corrected chi connectivity index (χ3v) is 11.0. The molecule has 0 saturated heterocycles. The van der Waals surface area contributed by atoms with Gasteiger partial charge in [0.15, 0.2) is 0 Å². The van der Waals surface area contributed by atoms with Crippen LogP contribution in [0, 0.1) is 0 Å². The maximum absolute atomic E-state index is 5.93. The Bertz CT molecular complexity index is 1570. The summed E-state index contributed by atoms with van der Waals surface area (Å²) in [6, 6.07) is 51.6. The highest BCUT2D eigenvalue weighted by atomic mass is 28.2. The average molecular weight is 607 g/mol. The molecule has 0 bridgehead atoms. The summed E-state index contributed by atoms with van der Waals surface area (Å²) in [5, 5.41) is 1.14. The minimum atomic E-state index is -0.846. The van der Waals surface area contributed by atoms with Gasteiger partial charge in [-0.25, -0.2) is 4.98 Å². The van der Waals surface area contributed by atoms with Crippen molar-refractivity contribution in [3.63, 3.8) is 0 Å². The summed E-state index contributed by atoms with van der Waals surface area (Å²) in [5.74, 6) is 1.44. The fourth-order valence-electron chi connectivity index (χ4n) is 5.89. The first kappa shape index (κ1) is 31.8. The van der Waals surface area contributed by atoms with Crippen LogP contribution in [-0.2, 0) is 5.16 Å². The van der Waals surface area contributed by atoms with E-state index in [1.807, 2.05) is 12.5 Å². The molecule has 6 aromatic rings. The number of ether oxygens (including phenoxy) is 1. The number of imidazole rings is 1. The number of benzene rings is 5. The Morgan fingerprint density at radius 3 is 1.67 bits per heavy atom. The van der Waals surface area contributed by atoms with Gasteiger partial charge in [-0.1, -0.05) is 158 Å². The van der Waals surface area contributed by atoms with Gasteiger partial charge >= 0.3 is 0 Å². The molecule has 0 aliphatic carbocycles. The second-order valence-corrected chi connectivity index (χ2v) is 13.7. The second-order valence-electron chi connectivity index (χ2n) is 11.5. The molecule has 0 saturated carbocycles. The van der Waals surface area contributed by atoms with Gasteiger partial charge in [0.1, 0.15) is 13.6 Å². The van der Waals surface area contributed by atoms with Gasteiger partial charge in [0.25, 0.3) is 0 Å². The number of hydrogen-bond donors (Lipinski definition) is 0. The molecule has 1 aromatic heterocycles. The van der Waals surface area contributed by atoms with Crippen LogP contribution in [0.25, 0.3) is 0 Å². The van der Waals surface area contributed by atoms with Gasteiger partial charge in [-0.3, -0.25) is 0 Å². The van der Waals surface area contributed by atoms with Crippen molar-refractivity contribution < 1.29 is 4.74 Å². The van der Waals surface area contributed by atoms with Gasteiger partial charge in [-0.05, 0) is 46.6 Å². The molecule has 0 unspecified atom stereocenters. The summed E-state index contributed by atoms with van der Waals surface area (Å²) in [5.41, 5.74) is 5.34. The number of rotatable bonds is 12. The molecule has 3 nitrogen and oxygen atoms in total. The smallest absolute Gasteiger partial charge is 0.119 e. The maximum Gasteiger partial charge on any atom is 0.119 e. The molecule has 0 N–H and O–H groups in total. The first-order valence-corrected chi connectivity index (χ1v) is 17.5. The topological polar surface area (TPSA) is 27.1 Å². The zero-order valence-corrected chi connectivity index (χ0v) is 27.9. The van der Waals surface area contributed by atoms with Gasteiger partial charge < -0.3 is 9.30 Å². The predicted octanol–water partition coefficient (Wildman–Crippen LogP) is 7.10. The molecule has 0 amide bonds. The summed E-state index contributed by atoms with van der Waals surface area (Å²) in [4.78, 5) is 4.41. The van der Waals surface area contributed by atoms with E-state index in [9.17, 15) is 0 Å². The normalized spacial score (nSPS) is 11.3. The van der Waals surface area contributed by atoms with Crippen LogP contribution >= 0.6 is 0 Å². The summed E-state index contributed by atoms with van der Waals surface area (Å²) in [7, 11) is 1.40. The zero-order chi connectivity index (χ0) is 31.2. The highest BCUT2D eigenvalue weighted by Gasteiger charge is 2.36. The molecule has 6 rings (SSSR count). The SMILES string of the molecule is BC(c1ccccc1)c1ccccc1.CCCCCOc1ccc([SiH2]C(c2ccccc2)(c2ccccc2)n2ccnc2)cc1. The molecular weight excluding hydrogens is 563 g/mol. The van der Waals surface area contributed by atoms with E-state index in [0.29, 0.717) is 5.82 Å². The molecule has 0 fully saturated rings. The van der Waals surface area contributed by atoms with Crippen LogP contribution in [0.1, 0.15) is 54.3 Å². The van der Waals surface area contributed by atoms with Gasteiger partial charge in [-0.15, -0.1) is 0 Å². The summed E-state index contributed by atoms with van der Waals surface area (Å²) in [6.45, 7) is 3.00. The van der Waals surface area contributed by atoms with E-state index in [0.717, 1.165) is 18.8 Å². The van der Waals surface area contributed by atoms with Crippen LogP contribution < -0.4 is 9.92 Å². The number of aromatic nitrogens is 2. The summed E-state index contributed by atoms with van der Waals surface area (Å²) < 4.78 is 8.23. The molecule has 226 valence electrons. The first-order valence-electron chi connectivity index (χ1n) is 16.1. The van der Waals surface area contributed by atoms with Crippen molar-refractivity contribution in [2.75, 3.05) is 6.61 Å². The van der Waals surface area contributed by atoms with Crippen molar-refractivity contribution in [3.8, 4) is 5.75 Å². The zero-order valence-electron chi connectivity index (χ0n) is 26.5. The Labute approximate surface area is 272 Å². The lowest BCUT2D eigenvalue weighted by Gasteiger charge is -2.37. The Balaban J connectivity index is 0.000000238. The van der Waals surface area contributed by atoms with Crippen LogP contribution in [0.3, 0.4) is 0 Å². The fourth-order valence-corrected chi connectivity index (χ4v) is 8.20. The average Bonchev–Trinajstić information content (AvgIpc) is 3.67. The number of nitrogens with zero attached hydrogens (tertiary/aromatic N) is 2. The monoisotopic (exact) mass is 606 g/mol. The summed E-state index contributed by atoms with van der Waals surface area (Å²) in [6.07, 6.45) is 9.47. The molecule has 5 aromatic carbocycles. The molecular formula is C40H43BN2OSi. The van der Waals surface area contributed by atoms with E-state index in [-0.39, 0.29) is 5.16 Å². The van der Waals surface area contributed by atoms with Crippen molar-refractivity contribution in [1.82, 2.24) is 9.55 Å². The molecule has 0 radical (unpaired) electrons. The Morgan fingerprint density at radius 2 is 1.20 bits per heavy atom. The van der Waals surface area contributed by atoms with Gasteiger partial charge in [-0.2, -0.15) is 0 Å². The second kappa shape index (κ2) is 16.5. The van der Waals surface area contributed by atoms with Crippen LogP contribution in [0.2, 0.25) is 0 Å². The highest BCUT2D eigenvalue weighted by molar-refractivity contribution is 6.57. The van der Waals surface area contributed by atoms with E-state index in [1.54, 1.807) is 0 Å². The predicted molar refractivity (Wildman–Crippen MR) is 194 cm³/mol. The van der Waals surface area contributed by atoms with Gasteiger partial charge in [0.2, 0.25) is 0 Å². The number of unbranched alkanes of at least 4 members (excludes halogenated alkanes) is 2. The lowest BCUT2D eigenvalue weighted by atomic mass is 9.76. The Kier molecular flexibility index (Phi) is 11.6. The van der Waals surface area contributed by atoms with E-state index >= 15 is 0 Å². The molecule has 0 aliphatic rings. The van der Waals surface area contributed by atoms with Crippen LogP contribution in [-0.4, -0.2) is 33.5 Å². The standard InChI is InChI=1S/C27H30N2OSi.C13H13B/c1-2-3-10-21-30-25-15-17-26(18-16-25)31-27(29-20-19-28-22-29,23-11-6-4-7-12-23)24-13-8-5-9-14-24;14-13(11-7-3-1-4-8-11)12-9-5-2-6-10-12/h4-9,11-20,22H,2-3,10,21,31H2,1H3;1-10,13H,14H2.